The topological polar surface area (TPSA) is 78.0 Å². The minimum absolute atomic E-state index is 0.0745. The molecule has 7 nitrogen and oxygen atoms in total. The molecule has 1 fully saturated rings. The van der Waals surface area contributed by atoms with Crippen molar-refractivity contribution in [3.05, 3.63) is 0 Å². The molecule has 1 aliphatic rings. The monoisotopic (exact) mass is 341 g/mol. The summed E-state index contributed by atoms with van der Waals surface area (Å²) in [6, 6.07) is 0.795. The van der Waals surface area contributed by atoms with E-state index in [-0.39, 0.29) is 18.0 Å². The standard InChI is InChI=1S/C17H35N5O2/c1-7-18-16(20-11-15(23)21-17(4,5)6)19-10-13(2)22-8-9-24-12-14(22)3/h13-14H,7-12H2,1-6H3,(H,21,23)(H2,18,19,20). The van der Waals surface area contributed by atoms with Gasteiger partial charge < -0.3 is 20.7 Å². The summed E-state index contributed by atoms with van der Waals surface area (Å²) in [5, 5.41) is 9.43. The Bertz CT molecular complexity index is 420. The van der Waals surface area contributed by atoms with Gasteiger partial charge in [-0.15, -0.1) is 0 Å². The molecule has 2 atom stereocenters. The summed E-state index contributed by atoms with van der Waals surface area (Å²) < 4.78 is 5.49. The average Bonchev–Trinajstić information content (AvgIpc) is 2.48. The summed E-state index contributed by atoms with van der Waals surface area (Å²) in [4.78, 5) is 18.7. The Morgan fingerprint density at radius 1 is 1.38 bits per heavy atom. The second-order valence-electron chi connectivity index (χ2n) is 7.39. The second-order valence-corrected chi connectivity index (χ2v) is 7.39. The van der Waals surface area contributed by atoms with Gasteiger partial charge in [0.25, 0.3) is 0 Å². The van der Waals surface area contributed by atoms with E-state index in [1.165, 1.54) is 0 Å². The number of amides is 1. The van der Waals surface area contributed by atoms with Gasteiger partial charge in [-0.3, -0.25) is 9.69 Å². The molecular weight excluding hydrogens is 306 g/mol. The van der Waals surface area contributed by atoms with E-state index in [9.17, 15) is 4.79 Å². The number of hydrogen-bond acceptors (Lipinski definition) is 4. The van der Waals surface area contributed by atoms with Crippen molar-refractivity contribution in [3.63, 3.8) is 0 Å². The van der Waals surface area contributed by atoms with Gasteiger partial charge in [0.05, 0.1) is 13.2 Å². The molecule has 1 saturated heterocycles. The lowest BCUT2D eigenvalue weighted by Gasteiger charge is -2.38. The molecule has 7 heteroatoms. The van der Waals surface area contributed by atoms with E-state index in [1.54, 1.807) is 0 Å². The van der Waals surface area contributed by atoms with E-state index in [2.05, 4.69) is 39.7 Å². The molecule has 140 valence electrons. The molecule has 3 N–H and O–H groups in total. The molecular formula is C17H35N5O2. The maximum Gasteiger partial charge on any atom is 0.242 e. The van der Waals surface area contributed by atoms with Gasteiger partial charge in [-0.1, -0.05) is 0 Å². The summed E-state index contributed by atoms with van der Waals surface area (Å²) in [6.45, 7) is 16.5. The highest BCUT2D eigenvalue weighted by molar-refractivity contribution is 5.85. The molecule has 0 aliphatic carbocycles. The maximum atomic E-state index is 11.9. The van der Waals surface area contributed by atoms with Crippen LogP contribution in [0.1, 0.15) is 41.5 Å². The fourth-order valence-electron chi connectivity index (χ4n) is 2.71. The Labute approximate surface area is 146 Å². The van der Waals surface area contributed by atoms with Gasteiger partial charge >= 0.3 is 0 Å². The van der Waals surface area contributed by atoms with E-state index in [0.29, 0.717) is 18.0 Å². The summed E-state index contributed by atoms with van der Waals surface area (Å²) >= 11 is 0. The van der Waals surface area contributed by atoms with Crippen LogP contribution in [0.15, 0.2) is 4.99 Å². The quantitative estimate of drug-likeness (QED) is 0.486. The number of rotatable bonds is 6. The highest BCUT2D eigenvalue weighted by Crippen LogP contribution is 2.09. The summed E-state index contributed by atoms with van der Waals surface area (Å²) in [7, 11) is 0. The molecule has 1 aliphatic heterocycles. The number of nitrogens with one attached hydrogen (secondary N) is 3. The van der Waals surface area contributed by atoms with Gasteiger partial charge in [-0.2, -0.15) is 0 Å². The van der Waals surface area contributed by atoms with E-state index >= 15 is 0 Å². The van der Waals surface area contributed by atoms with Crippen LogP contribution in [0.5, 0.6) is 0 Å². The molecule has 1 rings (SSSR count). The van der Waals surface area contributed by atoms with Crippen LogP contribution in [-0.4, -0.2) is 73.8 Å². The van der Waals surface area contributed by atoms with Crippen LogP contribution >= 0.6 is 0 Å². The van der Waals surface area contributed by atoms with Gasteiger partial charge in [-0.05, 0) is 41.5 Å². The zero-order valence-corrected chi connectivity index (χ0v) is 16.1. The summed E-state index contributed by atoms with van der Waals surface area (Å²) in [5.74, 6) is 0.601. The zero-order chi connectivity index (χ0) is 18.2. The number of guanidine groups is 1. The first-order valence-corrected chi connectivity index (χ1v) is 8.89. The SMILES string of the molecule is CCNC(=NCC(=O)NC(C)(C)C)NCC(C)N1CCOCC1C. The van der Waals surface area contributed by atoms with E-state index in [0.717, 1.165) is 32.8 Å². The van der Waals surface area contributed by atoms with Crippen molar-refractivity contribution in [2.75, 3.05) is 39.4 Å². The lowest BCUT2D eigenvalue weighted by Crippen LogP contribution is -2.53. The molecule has 0 aromatic heterocycles. The molecule has 1 heterocycles. The molecule has 0 spiro atoms. The highest BCUT2D eigenvalue weighted by atomic mass is 16.5. The number of ether oxygens (including phenoxy) is 1. The third kappa shape index (κ3) is 7.97. The predicted octanol–water partition coefficient (Wildman–Crippen LogP) is 0.565. The third-order valence-electron chi connectivity index (χ3n) is 3.79. The molecule has 0 radical (unpaired) electrons. The van der Waals surface area contributed by atoms with Crippen molar-refractivity contribution in [1.29, 1.82) is 0 Å². The van der Waals surface area contributed by atoms with Crippen LogP contribution < -0.4 is 16.0 Å². The average molecular weight is 342 g/mol. The minimum Gasteiger partial charge on any atom is -0.379 e. The lowest BCUT2D eigenvalue weighted by atomic mass is 10.1. The van der Waals surface area contributed by atoms with Gasteiger partial charge in [-0.25, -0.2) is 4.99 Å². The Morgan fingerprint density at radius 2 is 2.08 bits per heavy atom. The normalized spacial score (nSPS) is 21.2. The molecule has 2 unspecified atom stereocenters. The predicted molar refractivity (Wildman–Crippen MR) is 98.3 cm³/mol. The second kappa shape index (κ2) is 9.84. The van der Waals surface area contributed by atoms with Crippen LogP contribution in [0.4, 0.5) is 0 Å². The summed E-state index contributed by atoms with van der Waals surface area (Å²) in [6.07, 6.45) is 0. The van der Waals surface area contributed by atoms with Crippen molar-refractivity contribution >= 4 is 11.9 Å². The smallest absolute Gasteiger partial charge is 0.242 e. The first-order chi connectivity index (χ1) is 11.2. The number of morpholine rings is 1. The highest BCUT2D eigenvalue weighted by Gasteiger charge is 2.23. The van der Waals surface area contributed by atoms with Crippen LogP contribution in [-0.2, 0) is 9.53 Å². The summed E-state index contributed by atoms with van der Waals surface area (Å²) in [5.41, 5.74) is -0.237. The molecule has 0 bridgehead atoms. The van der Waals surface area contributed by atoms with Crippen LogP contribution in [0.2, 0.25) is 0 Å². The maximum absolute atomic E-state index is 11.9. The van der Waals surface area contributed by atoms with Gasteiger partial charge in [0.15, 0.2) is 5.96 Å². The number of aliphatic imine (C=N–C) groups is 1. The molecule has 0 aromatic rings. The number of nitrogens with zero attached hydrogens (tertiary/aromatic N) is 2. The largest absolute Gasteiger partial charge is 0.379 e. The van der Waals surface area contributed by atoms with Gasteiger partial charge in [0.2, 0.25) is 5.91 Å². The van der Waals surface area contributed by atoms with Gasteiger partial charge in [0, 0.05) is 37.3 Å². The van der Waals surface area contributed by atoms with Crippen LogP contribution in [0.3, 0.4) is 0 Å². The first kappa shape index (κ1) is 20.7. The minimum atomic E-state index is -0.237. The molecule has 24 heavy (non-hydrogen) atoms. The van der Waals surface area contributed by atoms with Crippen molar-refractivity contribution in [3.8, 4) is 0 Å². The number of hydrogen-bond donors (Lipinski definition) is 3. The van der Waals surface area contributed by atoms with Crippen molar-refractivity contribution in [1.82, 2.24) is 20.9 Å². The Balaban J connectivity index is 2.49. The molecule has 1 amide bonds. The van der Waals surface area contributed by atoms with Crippen molar-refractivity contribution in [2.45, 2.75) is 59.2 Å². The zero-order valence-electron chi connectivity index (χ0n) is 16.1. The molecule has 0 aromatic carbocycles. The van der Waals surface area contributed by atoms with Crippen LogP contribution in [0, 0.1) is 0 Å². The molecule has 0 saturated carbocycles. The van der Waals surface area contributed by atoms with E-state index < -0.39 is 0 Å². The van der Waals surface area contributed by atoms with E-state index in [1.807, 2.05) is 27.7 Å². The van der Waals surface area contributed by atoms with Crippen molar-refractivity contribution in [2.24, 2.45) is 4.99 Å². The van der Waals surface area contributed by atoms with Crippen molar-refractivity contribution < 1.29 is 9.53 Å². The number of carbonyl (C=O) groups excluding carboxylic acids is 1. The first-order valence-electron chi connectivity index (χ1n) is 8.89. The van der Waals surface area contributed by atoms with E-state index in [4.69, 9.17) is 4.74 Å². The Kier molecular flexibility index (Phi) is 8.48. The Morgan fingerprint density at radius 3 is 2.67 bits per heavy atom. The van der Waals surface area contributed by atoms with Crippen LogP contribution in [0.25, 0.3) is 0 Å². The lowest BCUT2D eigenvalue weighted by molar-refractivity contribution is -0.121. The fraction of sp³-hybridized carbons (Fsp3) is 0.882. The Hall–Kier alpha value is -1.34. The van der Waals surface area contributed by atoms with Gasteiger partial charge in [0.1, 0.15) is 6.54 Å². The fourth-order valence-corrected chi connectivity index (χ4v) is 2.71. The third-order valence-corrected chi connectivity index (χ3v) is 3.79. The number of carbonyl (C=O) groups is 1.